The third-order valence-electron chi connectivity index (χ3n) is 3.27. The number of nitrogen functional groups attached to an aromatic ring is 1. The molecule has 1 aliphatic rings. The highest BCUT2D eigenvalue weighted by Crippen LogP contribution is 2.22. The van der Waals surface area contributed by atoms with Crippen molar-refractivity contribution in [2.45, 2.75) is 18.2 Å². The molecule has 0 saturated carbocycles. The average molecular weight is 300 g/mol. The molecule has 1 atom stereocenters. The van der Waals surface area contributed by atoms with E-state index in [2.05, 4.69) is 6.92 Å². The molecule has 0 aromatic heterocycles. The van der Waals surface area contributed by atoms with Gasteiger partial charge in [0.05, 0.1) is 5.75 Å². The summed E-state index contributed by atoms with van der Waals surface area (Å²) in [5.74, 6) is 1.27. The highest BCUT2D eigenvalue weighted by atomic mass is 32.2. The number of anilines is 1. The third kappa shape index (κ3) is 4.12. The van der Waals surface area contributed by atoms with Gasteiger partial charge < -0.3 is 5.73 Å². The molecule has 1 heterocycles. The number of hydrogen-bond acceptors (Lipinski definition) is 4. The predicted octanol–water partition coefficient (Wildman–Crippen LogP) is 2.03. The highest BCUT2D eigenvalue weighted by Gasteiger charge is 2.28. The summed E-state index contributed by atoms with van der Waals surface area (Å²) in [6, 6.07) is 7.51. The second-order valence-electron chi connectivity index (χ2n) is 4.99. The molecular weight excluding hydrogens is 280 g/mol. The van der Waals surface area contributed by atoms with E-state index in [1.54, 1.807) is 16.1 Å². The van der Waals surface area contributed by atoms with Gasteiger partial charge in [-0.1, -0.05) is 6.92 Å². The van der Waals surface area contributed by atoms with Crippen LogP contribution < -0.4 is 5.73 Å². The zero-order valence-electron chi connectivity index (χ0n) is 11.1. The first kappa shape index (κ1) is 14.7. The molecule has 0 aliphatic carbocycles. The molecule has 19 heavy (non-hydrogen) atoms. The number of hydrogen-bond donors (Lipinski definition) is 1. The summed E-state index contributed by atoms with van der Waals surface area (Å²) in [7, 11) is -3.08. The zero-order valence-corrected chi connectivity index (χ0v) is 12.7. The Bertz CT molecular complexity index is 514. The summed E-state index contributed by atoms with van der Waals surface area (Å²) in [4.78, 5) is 1.05. The van der Waals surface area contributed by atoms with E-state index in [0.29, 0.717) is 24.8 Å². The third-order valence-corrected chi connectivity index (χ3v) is 6.38. The minimum Gasteiger partial charge on any atom is -0.399 e. The summed E-state index contributed by atoms with van der Waals surface area (Å²) in [5.41, 5.74) is 6.33. The molecule has 0 bridgehead atoms. The van der Waals surface area contributed by atoms with Crippen LogP contribution in [0, 0.1) is 5.92 Å². The summed E-state index contributed by atoms with van der Waals surface area (Å²) < 4.78 is 25.9. The standard InChI is InChI=1S/C13H20N2O2S2/c1-11-6-7-15(10-11)19(16,17)9-8-18-13-4-2-12(14)3-5-13/h2-5,11H,6-10,14H2,1H3. The van der Waals surface area contributed by atoms with Gasteiger partial charge in [-0.3, -0.25) is 0 Å². The van der Waals surface area contributed by atoms with Crippen molar-refractivity contribution in [3.63, 3.8) is 0 Å². The lowest BCUT2D eigenvalue weighted by Gasteiger charge is -2.15. The number of thioether (sulfide) groups is 1. The van der Waals surface area contributed by atoms with Gasteiger partial charge in [0, 0.05) is 29.4 Å². The lowest BCUT2D eigenvalue weighted by atomic mass is 10.2. The van der Waals surface area contributed by atoms with Gasteiger partial charge in [-0.05, 0) is 36.6 Å². The van der Waals surface area contributed by atoms with Crippen molar-refractivity contribution in [1.29, 1.82) is 0 Å². The van der Waals surface area contributed by atoms with Crippen LogP contribution in [0.5, 0.6) is 0 Å². The van der Waals surface area contributed by atoms with E-state index in [1.807, 2.05) is 24.3 Å². The maximum absolute atomic E-state index is 12.1. The lowest BCUT2D eigenvalue weighted by Crippen LogP contribution is -2.31. The van der Waals surface area contributed by atoms with Gasteiger partial charge >= 0.3 is 0 Å². The van der Waals surface area contributed by atoms with Crippen molar-refractivity contribution in [2.24, 2.45) is 5.92 Å². The monoisotopic (exact) mass is 300 g/mol. The van der Waals surface area contributed by atoms with Gasteiger partial charge in [-0.25, -0.2) is 12.7 Å². The molecule has 0 amide bonds. The van der Waals surface area contributed by atoms with E-state index in [4.69, 9.17) is 5.73 Å². The molecule has 1 aliphatic heterocycles. The van der Waals surface area contributed by atoms with E-state index in [0.717, 1.165) is 17.0 Å². The molecule has 4 nitrogen and oxygen atoms in total. The predicted molar refractivity (Wildman–Crippen MR) is 80.7 cm³/mol. The Morgan fingerprint density at radius 3 is 2.63 bits per heavy atom. The Kier molecular flexibility index (Phi) is 4.76. The largest absolute Gasteiger partial charge is 0.399 e. The van der Waals surface area contributed by atoms with Crippen molar-refractivity contribution in [3.05, 3.63) is 24.3 Å². The first-order chi connectivity index (χ1) is 8.97. The second-order valence-corrected chi connectivity index (χ2v) is 8.24. The molecule has 1 aromatic carbocycles. The van der Waals surface area contributed by atoms with Gasteiger partial charge in [0.15, 0.2) is 0 Å². The molecule has 2 rings (SSSR count). The van der Waals surface area contributed by atoms with Gasteiger partial charge in [0.25, 0.3) is 0 Å². The average Bonchev–Trinajstić information content (AvgIpc) is 2.79. The molecule has 6 heteroatoms. The van der Waals surface area contributed by atoms with Crippen LogP contribution in [-0.2, 0) is 10.0 Å². The topological polar surface area (TPSA) is 63.4 Å². The molecule has 1 fully saturated rings. The maximum Gasteiger partial charge on any atom is 0.214 e. The second kappa shape index (κ2) is 6.15. The van der Waals surface area contributed by atoms with Crippen molar-refractivity contribution < 1.29 is 8.42 Å². The maximum atomic E-state index is 12.1. The van der Waals surface area contributed by atoms with Crippen LogP contribution in [0.4, 0.5) is 5.69 Å². The van der Waals surface area contributed by atoms with Crippen LogP contribution in [0.15, 0.2) is 29.2 Å². The van der Waals surface area contributed by atoms with Crippen molar-refractivity contribution >= 4 is 27.5 Å². The molecule has 0 radical (unpaired) electrons. The minimum atomic E-state index is -3.08. The summed E-state index contributed by atoms with van der Waals surface area (Å²) in [6.07, 6.45) is 0.977. The number of rotatable bonds is 5. The fraction of sp³-hybridized carbons (Fsp3) is 0.538. The van der Waals surface area contributed by atoms with Gasteiger partial charge in [0.1, 0.15) is 0 Å². The summed E-state index contributed by atoms with van der Waals surface area (Å²) in [6.45, 7) is 3.45. The van der Waals surface area contributed by atoms with Crippen LogP contribution in [0.1, 0.15) is 13.3 Å². The number of nitrogens with two attached hydrogens (primary N) is 1. The van der Waals surface area contributed by atoms with Crippen molar-refractivity contribution in [1.82, 2.24) is 4.31 Å². The van der Waals surface area contributed by atoms with Crippen LogP contribution >= 0.6 is 11.8 Å². The van der Waals surface area contributed by atoms with Gasteiger partial charge in [-0.15, -0.1) is 11.8 Å². The van der Waals surface area contributed by atoms with Gasteiger partial charge in [-0.2, -0.15) is 0 Å². The highest BCUT2D eigenvalue weighted by molar-refractivity contribution is 8.00. The Morgan fingerprint density at radius 1 is 1.37 bits per heavy atom. The first-order valence-electron chi connectivity index (χ1n) is 6.43. The minimum absolute atomic E-state index is 0.203. The lowest BCUT2D eigenvalue weighted by molar-refractivity contribution is 0.466. The normalized spacial score (nSPS) is 20.8. The fourth-order valence-electron chi connectivity index (χ4n) is 2.11. The molecule has 1 saturated heterocycles. The van der Waals surface area contributed by atoms with Crippen LogP contribution in [0.3, 0.4) is 0 Å². The molecular formula is C13H20N2O2S2. The fourth-order valence-corrected chi connectivity index (χ4v) is 4.97. The van der Waals surface area contributed by atoms with Gasteiger partial charge in [0.2, 0.25) is 10.0 Å². The van der Waals surface area contributed by atoms with Crippen molar-refractivity contribution in [2.75, 3.05) is 30.3 Å². The Labute approximate surface area is 119 Å². The van der Waals surface area contributed by atoms with Crippen LogP contribution in [0.25, 0.3) is 0 Å². The number of nitrogens with zero attached hydrogens (tertiary/aromatic N) is 1. The molecule has 1 aromatic rings. The Hall–Kier alpha value is -0.720. The van der Waals surface area contributed by atoms with E-state index >= 15 is 0 Å². The summed E-state index contributed by atoms with van der Waals surface area (Å²) >= 11 is 1.55. The molecule has 2 N–H and O–H groups in total. The zero-order chi connectivity index (χ0) is 13.9. The Balaban J connectivity index is 1.83. The number of sulfonamides is 1. The first-order valence-corrected chi connectivity index (χ1v) is 9.03. The molecule has 106 valence electrons. The molecule has 0 spiro atoms. The number of benzene rings is 1. The van der Waals surface area contributed by atoms with Crippen molar-refractivity contribution in [3.8, 4) is 0 Å². The van der Waals surface area contributed by atoms with E-state index < -0.39 is 10.0 Å². The SMILES string of the molecule is CC1CCN(S(=O)(=O)CCSc2ccc(N)cc2)C1. The summed E-state index contributed by atoms with van der Waals surface area (Å²) in [5, 5.41) is 0. The van der Waals surface area contributed by atoms with E-state index in [1.165, 1.54) is 0 Å². The van der Waals surface area contributed by atoms with Crippen LogP contribution in [0.2, 0.25) is 0 Å². The Morgan fingerprint density at radius 2 is 2.05 bits per heavy atom. The van der Waals surface area contributed by atoms with E-state index in [9.17, 15) is 8.42 Å². The molecule has 1 unspecified atom stereocenters. The van der Waals surface area contributed by atoms with E-state index in [-0.39, 0.29) is 5.75 Å². The van der Waals surface area contributed by atoms with Crippen LogP contribution in [-0.4, -0.2) is 37.3 Å². The smallest absolute Gasteiger partial charge is 0.214 e. The quantitative estimate of drug-likeness (QED) is 0.667.